The van der Waals surface area contributed by atoms with E-state index in [0.717, 1.165) is 7.11 Å². The van der Waals surface area contributed by atoms with Crippen molar-refractivity contribution < 1.29 is 29.3 Å². The van der Waals surface area contributed by atoms with E-state index in [1.807, 2.05) is 0 Å². The van der Waals surface area contributed by atoms with Gasteiger partial charge in [0.25, 0.3) is 0 Å². The maximum Gasteiger partial charge on any atom is 0.326 e. The number of carboxylic acids is 1. The zero-order valence-electron chi connectivity index (χ0n) is 10.4. The molecule has 0 aromatic carbocycles. The number of hydrogen-bond acceptors (Lipinski definition) is 5. The van der Waals surface area contributed by atoms with Crippen LogP contribution < -0.4 is 5.32 Å². The quantitative estimate of drug-likeness (QED) is 0.508. The van der Waals surface area contributed by atoms with Crippen LogP contribution in [0.5, 0.6) is 0 Å². The third-order valence-corrected chi connectivity index (χ3v) is 2.19. The first kappa shape index (κ1) is 16.2. The van der Waals surface area contributed by atoms with Crippen molar-refractivity contribution >= 4 is 18.0 Å². The van der Waals surface area contributed by atoms with E-state index in [1.54, 1.807) is 0 Å². The fourth-order valence-electron chi connectivity index (χ4n) is 1.12. The van der Waals surface area contributed by atoms with Crippen molar-refractivity contribution in [3.8, 4) is 0 Å². The average Bonchev–Trinajstić information content (AvgIpc) is 2.34. The molecule has 3 N–H and O–H groups in total. The Hall–Kier alpha value is -1.83. The third kappa shape index (κ3) is 6.04. The number of urea groups is 1. The molecule has 1 atom stereocenters. The Balaban J connectivity index is 4.35. The van der Waals surface area contributed by atoms with Crippen LogP contribution in [0.25, 0.3) is 0 Å². The first-order valence-electron chi connectivity index (χ1n) is 5.34. The number of ether oxygens (including phenoxy) is 1. The molecule has 2 amide bonds. The number of aliphatic carboxylic acids is 1. The van der Waals surface area contributed by atoms with Gasteiger partial charge in [0, 0.05) is 20.2 Å². The van der Waals surface area contributed by atoms with Crippen molar-refractivity contribution in [1.82, 2.24) is 10.2 Å². The Morgan fingerprint density at radius 2 is 2.00 bits per heavy atom. The van der Waals surface area contributed by atoms with E-state index < -0.39 is 30.4 Å². The molecule has 0 aliphatic carbocycles. The van der Waals surface area contributed by atoms with E-state index in [1.165, 1.54) is 11.9 Å². The highest BCUT2D eigenvalue weighted by molar-refractivity contribution is 5.86. The van der Waals surface area contributed by atoms with Gasteiger partial charge in [-0.25, -0.2) is 9.59 Å². The van der Waals surface area contributed by atoms with Crippen LogP contribution in [0.15, 0.2) is 0 Å². The molecule has 0 unspecified atom stereocenters. The van der Waals surface area contributed by atoms with E-state index in [-0.39, 0.29) is 13.2 Å². The predicted molar refractivity (Wildman–Crippen MR) is 60.9 cm³/mol. The van der Waals surface area contributed by atoms with Gasteiger partial charge in [0.05, 0.1) is 13.5 Å². The Labute approximate surface area is 105 Å². The highest BCUT2D eigenvalue weighted by Gasteiger charge is 2.24. The van der Waals surface area contributed by atoms with E-state index in [9.17, 15) is 14.4 Å². The molecule has 0 radical (unpaired) electrons. The van der Waals surface area contributed by atoms with Crippen molar-refractivity contribution in [2.24, 2.45) is 0 Å². The van der Waals surface area contributed by atoms with Gasteiger partial charge in [-0.3, -0.25) is 4.79 Å². The number of carboxylic acid groups (broad SMARTS) is 1. The summed E-state index contributed by atoms with van der Waals surface area (Å²) in [7, 11) is 2.60. The maximum absolute atomic E-state index is 11.6. The summed E-state index contributed by atoms with van der Waals surface area (Å²) in [5, 5.41) is 19.6. The average molecular weight is 262 g/mol. The lowest BCUT2D eigenvalue weighted by molar-refractivity contribution is -0.147. The van der Waals surface area contributed by atoms with Gasteiger partial charge in [-0.15, -0.1) is 0 Å². The lowest BCUT2D eigenvalue weighted by Gasteiger charge is -2.20. The first-order valence-corrected chi connectivity index (χ1v) is 5.34. The molecule has 104 valence electrons. The number of aliphatic hydroxyl groups is 1. The number of carbonyl (C=O) groups is 3. The van der Waals surface area contributed by atoms with Gasteiger partial charge in [0.1, 0.15) is 6.04 Å². The van der Waals surface area contributed by atoms with Crippen LogP contribution in [0.4, 0.5) is 4.79 Å². The first-order chi connectivity index (χ1) is 8.42. The van der Waals surface area contributed by atoms with E-state index in [0.29, 0.717) is 6.42 Å². The Bertz CT molecular complexity index is 307. The summed E-state index contributed by atoms with van der Waals surface area (Å²) in [5.74, 6) is -2.04. The molecule has 0 aliphatic rings. The lowest BCUT2D eigenvalue weighted by atomic mass is 10.2. The van der Waals surface area contributed by atoms with Crippen molar-refractivity contribution in [1.29, 1.82) is 0 Å². The summed E-state index contributed by atoms with van der Waals surface area (Å²) >= 11 is 0. The highest BCUT2D eigenvalue weighted by Crippen LogP contribution is 1.97. The number of methoxy groups -OCH3 is 1. The van der Waals surface area contributed by atoms with Gasteiger partial charge in [-0.1, -0.05) is 0 Å². The molecule has 8 nitrogen and oxygen atoms in total. The Morgan fingerprint density at radius 1 is 1.39 bits per heavy atom. The molecular weight excluding hydrogens is 244 g/mol. The SMILES string of the molecule is COC(=O)C[C@H](NC(=O)N(C)CCCO)C(=O)O. The summed E-state index contributed by atoms with van der Waals surface area (Å²) in [6, 6.07) is -1.96. The van der Waals surface area contributed by atoms with E-state index >= 15 is 0 Å². The van der Waals surface area contributed by atoms with Crippen molar-refractivity contribution in [3.63, 3.8) is 0 Å². The second kappa shape index (κ2) is 8.29. The minimum atomic E-state index is -1.33. The highest BCUT2D eigenvalue weighted by atomic mass is 16.5. The largest absolute Gasteiger partial charge is 0.480 e. The van der Waals surface area contributed by atoms with Crippen LogP contribution in [-0.4, -0.2) is 66.4 Å². The van der Waals surface area contributed by atoms with Gasteiger partial charge in [0.2, 0.25) is 0 Å². The predicted octanol–water partition coefficient (Wildman–Crippen LogP) is -0.973. The maximum atomic E-state index is 11.6. The normalized spacial score (nSPS) is 11.5. The smallest absolute Gasteiger partial charge is 0.326 e. The fourth-order valence-corrected chi connectivity index (χ4v) is 1.12. The molecule has 0 aromatic heterocycles. The minimum Gasteiger partial charge on any atom is -0.480 e. The van der Waals surface area contributed by atoms with Crippen LogP contribution in [-0.2, 0) is 14.3 Å². The molecule has 0 fully saturated rings. The van der Waals surface area contributed by atoms with Gasteiger partial charge < -0.3 is 25.2 Å². The van der Waals surface area contributed by atoms with Gasteiger partial charge in [-0.05, 0) is 6.42 Å². The van der Waals surface area contributed by atoms with Crippen molar-refractivity contribution in [2.45, 2.75) is 18.9 Å². The molecule has 0 saturated carbocycles. The van der Waals surface area contributed by atoms with Crippen LogP contribution in [0, 0.1) is 0 Å². The number of amides is 2. The topological polar surface area (TPSA) is 116 Å². The van der Waals surface area contributed by atoms with E-state index in [4.69, 9.17) is 10.2 Å². The summed E-state index contributed by atoms with van der Waals surface area (Å²) in [6.45, 7) is 0.217. The Morgan fingerprint density at radius 3 is 2.44 bits per heavy atom. The van der Waals surface area contributed by atoms with Gasteiger partial charge >= 0.3 is 18.0 Å². The lowest BCUT2D eigenvalue weighted by Crippen LogP contribution is -2.47. The van der Waals surface area contributed by atoms with Crippen LogP contribution >= 0.6 is 0 Å². The third-order valence-electron chi connectivity index (χ3n) is 2.19. The summed E-state index contributed by atoms with van der Waals surface area (Å²) in [5.41, 5.74) is 0. The summed E-state index contributed by atoms with van der Waals surface area (Å²) in [6.07, 6.45) is -0.0515. The number of aliphatic hydroxyl groups excluding tert-OH is 1. The van der Waals surface area contributed by atoms with Crippen LogP contribution in [0.3, 0.4) is 0 Å². The molecule has 0 saturated heterocycles. The molecule has 0 bridgehead atoms. The number of carbonyl (C=O) groups excluding carboxylic acids is 2. The van der Waals surface area contributed by atoms with Gasteiger partial charge in [0.15, 0.2) is 0 Å². The molecule has 0 spiro atoms. The second-order valence-electron chi connectivity index (χ2n) is 3.62. The Kier molecular flexibility index (Phi) is 7.45. The summed E-state index contributed by atoms with van der Waals surface area (Å²) < 4.78 is 4.34. The van der Waals surface area contributed by atoms with Crippen molar-refractivity contribution in [2.75, 3.05) is 27.3 Å². The number of nitrogens with zero attached hydrogens (tertiary/aromatic N) is 1. The van der Waals surface area contributed by atoms with Crippen molar-refractivity contribution in [3.05, 3.63) is 0 Å². The minimum absolute atomic E-state index is 0.0673. The number of rotatable bonds is 7. The zero-order valence-corrected chi connectivity index (χ0v) is 10.4. The molecule has 0 heterocycles. The van der Waals surface area contributed by atoms with E-state index in [2.05, 4.69) is 10.1 Å². The molecule has 18 heavy (non-hydrogen) atoms. The summed E-state index contributed by atoms with van der Waals surface area (Å²) in [4.78, 5) is 34.6. The second-order valence-corrected chi connectivity index (χ2v) is 3.62. The molecule has 0 rings (SSSR count). The number of nitrogens with one attached hydrogen (secondary N) is 1. The van der Waals surface area contributed by atoms with Crippen LogP contribution in [0.1, 0.15) is 12.8 Å². The van der Waals surface area contributed by atoms with Gasteiger partial charge in [-0.2, -0.15) is 0 Å². The van der Waals surface area contributed by atoms with Crippen LogP contribution in [0.2, 0.25) is 0 Å². The number of esters is 1. The zero-order chi connectivity index (χ0) is 14.1. The fraction of sp³-hybridized carbons (Fsp3) is 0.700. The molecule has 0 aliphatic heterocycles. The monoisotopic (exact) mass is 262 g/mol. The molecule has 8 heteroatoms. The standard InChI is InChI=1S/C10H18N2O6/c1-12(4-3-5-13)10(17)11-7(9(15)16)6-8(14)18-2/h7,13H,3-6H2,1-2H3,(H,11,17)(H,15,16)/t7-/m0/s1. The number of hydrogen-bond donors (Lipinski definition) is 3. The molecular formula is C10H18N2O6. The molecule has 0 aromatic rings.